The van der Waals surface area contributed by atoms with Crippen LogP contribution in [0.3, 0.4) is 0 Å². The maximum absolute atomic E-state index is 12.0. The van der Waals surface area contributed by atoms with Gasteiger partial charge in [0.1, 0.15) is 0 Å². The molecule has 0 heterocycles. The summed E-state index contributed by atoms with van der Waals surface area (Å²) < 4.78 is 5.29. The molecule has 0 radical (unpaired) electrons. The standard InChI is InChI=1S/C19H36N4O2.HI/c1-20-18(21-13-9-17(24)23-16-7-3-4-8-16)22-15-19(12-14-25-2)10-5-6-11-19;/h16H,3-15H2,1-2H3,(H,23,24)(H2,20,21,22);1H. The van der Waals surface area contributed by atoms with E-state index in [1.54, 1.807) is 14.2 Å². The van der Waals surface area contributed by atoms with Gasteiger partial charge in [-0.05, 0) is 37.5 Å². The maximum Gasteiger partial charge on any atom is 0.221 e. The zero-order chi connectivity index (χ0) is 18.0. The lowest BCUT2D eigenvalue weighted by Crippen LogP contribution is -2.44. The van der Waals surface area contributed by atoms with E-state index in [0.29, 0.717) is 24.4 Å². The predicted molar refractivity (Wildman–Crippen MR) is 117 cm³/mol. The Morgan fingerprint density at radius 2 is 1.85 bits per heavy atom. The summed E-state index contributed by atoms with van der Waals surface area (Å²) in [4.78, 5) is 16.3. The highest BCUT2D eigenvalue weighted by Gasteiger charge is 2.33. The summed E-state index contributed by atoms with van der Waals surface area (Å²) in [5, 5.41) is 9.85. The second-order valence-electron chi connectivity index (χ2n) is 7.60. The molecular weight excluding hydrogens is 443 g/mol. The first kappa shape index (κ1) is 23.5. The van der Waals surface area contributed by atoms with E-state index >= 15 is 0 Å². The topological polar surface area (TPSA) is 74.8 Å². The first-order valence-corrected chi connectivity index (χ1v) is 9.90. The zero-order valence-corrected chi connectivity index (χ0v) is 18.8. The number of guanidine groups is 1. The van der Waals surface area contributed by atoms with Crippen LogP contribution < -0.4 is 16.0 Å². The van der Waals surface area contributed by atoms with E-state index in [2.05, 4.69) is 20.9 Å². The normalized spacial score (nSPS) is 19.8. The van der Waals surface area contributed by atoms with Gasteiger partial charge >= 0.3 is 0 Å². The molecule has 2 saturated carbocycles. The molecule has 3 N–H and O–H groups in total. The molecule has 0 spiro atoms. The van der Waals surface area contributed by atoms with Gasteiger partial charge in [-0.3, -0.25) is 9.79 Å². The Balaban J connectivity index is 0.00000338. The number of nitrogens with one attached hydrogen (secondary N) is 3. The molecule has 0 aliphatic heterocycles. The fraction of sp³-hybridized carbons (Fsp3) is 0.895. The van der Waals surface area contributed by atoms with Crippen molar-refractivity contribution < 1.29 is 9.53 Å². The Labute approximate surface area is 175 Å². The van der Waals surface area contributed by atoms with Crippen molar-refractivity contribution in [2.75, 3.05) is 33.9 Å². The summed E-state index contributed by atoms with van der Waals surface area (Å²) in [6, 6.07) is 0.396. The average molecular weight is 480 g/mol. The van der Waals surface area contributed by atoms with Crippen LogP contribution in [-0.2, 0) is 9.53 Å². The van der Waals surface area contributed by atoms with Crippen LogP contribution in [0.1, 0.15) is 64.2 Å². The molecule has 6 nitrogen and oxygen atoms in total. The number of methoxy groups -OCH3 is 1. The number of carbonyl (C=O) groups is 1. The van der Waals surface area contributed by atoms with Crippen LogP contribution in [0.2, 0.25) is 0 Å². The minimum atomic E-state index is 0. The van der Waals surface area contributed by atoms with Crippen LogP contribution in [0, 0.1) is 5.41 Å². The van der Waals surface area contributed by atoms with Gasteiger partial charge in [-0.2, -0.15) is 0 Å². The molecule has 152 valence electrons. The Morgan fingerprint density at radius 3 is 2.46 bits per heavy atom. The van der Waals surface area contributed by atoms with Crippen LogP contribution in [-0.4, -0.2) is 51.8 Å². The summed E-state index contributed by atoms with van der Waals surface area (Å²) in [5.74, 6) is 0.930. The number of halogens is 1. The van der Waals surface area contributed by atoms with Crippen molar-refractivity contribution in [3.8, 4) is 0 Å². The number of hydrogen-bond donors (Lipinski definition) is 3. The average Bonchev–Trinajstić information content (AvgIpc) is 3.28. The zero-order valence-electron chi connectivity index (χ0n) is 16.4. The molecule has 0 atom stereocenters. The van der Waals surface area contributed by atoms with Gasteiger partial charge in [-0.1, -0.05) is 25.7 Å². The maximum atomic E-state index is 12.0. The number of amides is 1. The van der Waals surface area contributed by atoms with Gasteiger partial charge in [0.15, 0.2) is 5.96 Å². The third-order valence-electron chi connectivity index (χ3n) is 5.72. The first-order chi connectivity index (χ1) is 12.2. The molecule has 0 saturated heterocycles. The van der Waals surface area contributed by atoms with Crippen molar-refractivity contribution in [1.29, 1.82) is 0 Å². The van der Waals surface area contributed by atoms with Gasteiger partial charge in [0.25, 0.3) is 0 Å². The lowest BCUT2D eigenvalue weighted by atomic mass is 9.83. The molecule has 2 fully saturated rings. The first-order valence-electron chi connectivity index (χ1n) is 9.90. The minimum Gasteiger partial charge on any atom is -0.385 e. The van der Waals surface area contributed by atoms with Crippen molar-refractivity contribution in [3.05, 3.63) is 0 Å². The summed E-state index contributed by atoms with van der Waals surface area (Å²) in [6.45, 7) is 2.35. The van der Waals surface area contributed by atoms with Crippen LogP contribution in [0.25, 0.3) is 0 Å². The molecule has 0 aromatic heterocycles. The Morgan fingerprint density at radius 1 is 1.15 bits per heavy atom. The van der Waals surface area contributed by atoms with E-state index in [1.165, 1.54) is 38.5 Å². The predicted octanol–water partition coefficient (Wildman–Crippen LogP) is 2.82. The van der Waals surface area contributed by atoms with Crippen molar-refractivity contribution in [2.45, 2.75) is 70.3 Å². The second-order valence-corrected chi connectivity index (χ2v) is 7.60. The number of hydrogen-bond acceptors (Lipinski definition) is 3. The molecule has 7 heteroatoms. The molecular formula is C19H37IN4O2. The van der Waals surface area contributed by atoms with Gasteiger partial charge in [-0.15, -0.1) is 24.0 Å². The van der Waals surface area contributed by atoms with Crippen molar-refractivity contribution in [2.24, 2.45) is 10.4 Å². The quantitative estimate of drug-likeness (QED) is 0.270. The van der Waals surface area contributed by atoms with Crippen LogP contribution in [0.4, 0.5) is 0 Å². The van der Waals surface area contributed by atoms with Gasteiger partial charge in [0.05, 0.1) is 0 Å². The largest absolute Gasteiger partial charge is 0.385 e. The van der Waals surface area contributed by atoms with Gasteiger partial charge in [0.2, 0.25) is 5.91 Å². The highest BCUT2D eigenvalue weighted by molar-refractivity contribution is 14.0. The van der Waals surface area contributed by atoms with E-state index in [1.807, 2.05) is 0 Å². The summed E-state index contributed by atoms with van der Waals surface area (Å²) in [5.41, 5.74) is 0.327. The van der Waals surface area contributed by atoms with Gasteiger partial charge in [0, 0.05) is 46.3 Å². The van der Waals surface area contributed by atoms with Crippen LogP contribution >= 0.6 is 24.0 Å². The van der Waals surface area contributed by atoms with Crippen molar-refractivity contribution in [1.82, 2.24) is 16.0 Å². The van der Waals surface area contributed by atoms with Gasteiger partial charge in [-0.25, -0.2) is 0 Å². The second kappa shape index (κ2) is 12.8. The number of aliphatic imine (C=N–C) groups is 1. The third-order valence-corrected chi connectivity index (χ3v) is 5.72. The van der Waals surface area contributed by atoms with E-state index in [9.17, 15) is 4.79 Å². The molecule has 0 aromatic carbocycles. The summed E-state index contributed by atoms with van der Waals surface area (Å²) in [6.07, 6.45) is 11.4. The van der Waals surface area contributed by atoms with Gasteiger partial charge < -0.3 is 20.7 Å². The third kappa shape index (κ3) is 7.98. The highest BCUT2D eigenvalue weighted by Crippen LogP contribution is 2.40. The molecule has 0 bridgehead atoms. The lowest BCUT2D eigenvalue weighted by Gasteiger charge is -2.30. The lowest BCUT2D eigenvalue weighted by molar-refractivity contribution is -0.121. The molecule has 2 rings (SSSR count). The fourth-order valence-corrected chi connectivity index (χ4v) is 4.11. The molecule has 0 aromatic rings. The Bertz CT molecular complexity index is 433. The van der Waals surface area contributed by atoms with E-state index in [0.717, 1.165) is 38.4 Å². The highest BCUT2D eigenvalue weighted by atomic mass is 127. The monoisotopic (exact) mass is 480 g/mol. The fourth-order valence-electron chi connectivity index (χ4n) is 4.11. The molecule has 26 heavy (non-hydrogen) atoms. The van der Waals surface area contributed by atoms with E-state index in [4.69, 9.17) is 4.74 Å². The Kier molecular flexibility index (Phi) is 11.5. The number of carbonyl (C=O) groups excluding carboxylic acids is 1. The molecule has 2 aliphatic rings. The number of rotatable bonds is 9. The summed E-state index contributed by atoms with van der Waals surface area (Å²) >= 11 is 0. The Hall–Kier alpha value is -0.570. The molecule has 0 unspecified atom stereocenters. The van der Waals surface area contributed by atoms with E-state index in [-0.39, 0.29) is 29.9 Å². The van der Waals surface area contributed by atoms with Crippen LogP contribution in [0.5, 0.6) is 0 Å². The SMILES string of the molecule is CN=C(NCCC(=O)NC1CCCC1)NCC1(CCOC)CCCC1.I. The molecule has 1 amide bonds. The number of ether oxygens (including phenoxy) is 1. The minimum absolute atomic E-state index is 0. The van der Waals surface area contributed by atoms with E-state index < -0.39 is 0 Å². The van der Waals surface area contributed by atoms with Crippen LogP contribution in [0.15, 0.2) is 4.99 Å². The smallest absolute Gasteiger partial charge is 0.221 e. The summed E-state index contributed by atoms with van der Waals surface area (Å²) in [7, 11) is 3.55. The van der Waals surface area contributed by atoms with Crippen molar-refractivity contribution in [3.63, 3.8) is 0 Å². The van der Waals surface area contributed by atoms with Crippen molar-refractivity contribution >= 4 is 35.8 Å². The molecule has 2 aliphatic carbocycles. The number of nitrogens with zero attached hydrogens (tertiary/aromatic N) is 1.